The van der Waals surface area contributed by atoms with Gasteiger partial charge in [-0.2, -0.15) is 5.26 Å². The van der Waals surface area contributed by atoms with Crippen molar-refractivity contribution in [2.45, 2.75) is 0 Å². The Labute approximate surface area is 109 Å². The molecule has 0 radical (unpaired) electrons. The summed E-state index contributed by atoms with van der Waals surface area (Å²) in [6.45, 7) is 0. The predicted octanol–water partition coefficient (Wildman–Crippen LogP) is 4.36. The van der Waals surface area contributed by atoms with Crippen molar-refractivity contribution in [3.8, 4) is 17.2 Å². The Morgan fingerprint density at radius 1 is 1.06 bits per heavy atom. The molecule has 3 aromatic rings. The molecule has 0 amide bonds. The Hall–Kier alpha value is -2.24. The first-order valence-corrected chi connectivity index (χ1v) is 5.93. The minimum atomic E-state index is 0.659. The Bertz CT molecular complexity index is 748. The van der Waals surface area contributed by atoms with Gasteiger partial charge in [-0.15, -0.1) is 0 Å². The first kappa shape index (κ1) is 10.9. The molecule has 1 N–H and O–H groups in total. The van der Waals surface area contributed by atoms with Crippen LogP contribution in [0.15, 0.2) is 48.7 Å². The van der Waals surface area contributed by atoms with Gasteiger partial charge in [-0.05, 0) is 35.9 Å². The van der Waals surface area contributed by atoms with E-state index < -0.39 is 0 Å². The standard InChI is InChI=1S/C15H9ClN2/c16-13-3-1-11(2-4-13)14-8-10(9-17)7-12-5-6-18-15(12)14/h1-8,18H. The number of nitriles is 1. The lowest BCUT2D eigenvalue weighted by Crippen LogP contribution is -1.83. The molecule has 1 aromatic heterocycles. The normalized spacial score (nSPS) is 10.4. The Morgan fingerprint density at radius 3 is 2.56 bits per heavy atom. The summed E-state index contributed by atoms with van der Waals surface area (Å²) >= 11 is 5.89. The minimum absolute atomic E-state index is 0.659. The number of nitrogens with one attached hydrogen (secondary N) is 1. The number of benzene rings is 2. The zero-order chi connectivity index (χ0) is 12.5. The SMILES string of the molecule is N#Cc1cc(-c2ccc(Cl)cc2)c2[nH]ccc2c1. The number of aromatic nitrogens is 1. The average molecular weight is 253 g/mol. The molecule has 3 rings (SSSR count). The van der Waals surface area contributed by atoms with Gasteiger partial charge in [0.25, 0.3) is 0 Å². The lowest BCUT2D eigenvalue weighted by Gasteiger charge is -2.05. The molecular formula is C15H9ClN2. The van der Waals surface area contributed by atoms with Gasteiger partial charge >= 0.3 is 0 Å². The maximum atomic E-state index is 9.07. The van der Waals surface area contributed by atoms with Crippen molar-refractivity contribution < 1.29 is 0 Å². The van der Waals surface area contributed by atoms with Crippen molar-refractivity contribution in [1.82, 2.24) is 4.98 Å². The molecule has 86 valence electrons. The maximum Gasteiger partial charge on any atom is 0.0992 e. The summed E-state index contributed by atoms with van der Waals surface area (Å²) in [6, 6.07) is 15.5. The average Bonchev–Trinajstić information content (AvgIpc) is 2.86. The molecule has 2 aromatic carbocycles. The van der Waals surface area contributed by atoms with E-state index in [0.717, 1.165) is 22.0 Å². The molecule has 0 atom stereocenters. The Morgan fingerprint density at radius 2 is 1.83 bits per heavy atom. The van der Waals surface area contributed by atoms with Gasteiger partial charge in [0.15, 0.2) is 0 Å². The second kappa shape index (κ2) is 4.21. The maximum absolute atomic E-state index is 9.07. The van der Waals surface area contributed by atoms with Crippen LogP contribution in [-0.2, 0) is 0 Å². The van der Waals surface area contributed by atoms with Crippen LogP contribution in [0.5, 0.6) is 0 Å². The highest BCUT2D eigenvalue weighted by atomic mass is 35.5. The number of rotatable bonds is 1. The zero-order valence-corrected chi connectivity index (χ0v) is 10.2. The summed E-state index contributed by atoms with van der Waals surface area (Å²) in [7, 11) is 0. The molecule has 3 heteroatoms. The van der Waals surface area contributed by atoms with E-state index in [-0.39, 0.29) is 0 Å². The number of nitrogens with zero attached hydrogens (tertiary/aromatic N) is 1. The minimum Gasteiger partial charge on any atom is -0.361 e. The zero-order valence-electron chi connectivity index (χ0n) is 9.44. The van der Waals surface area contributed by atoms with Gasteiger partial charge in [0, 0.05) is 22.2 Å². The molecule has 0 aliphatic carbocycles. The van der Waals surface area contributed by atoms with Gasteiger partial charge in [-0.3, -0.25) is 0 Å². The van der Waals surface area contributed by atoms with Gasteiger partial charge < -0.3 is 4.98 Å². The second-order valence-corrected chi connectivity index (χ2v) is 4.52. The number of aromatic amines is 1. The fraction of sp³-hybridized carbons (Fsp3) is 0. The first-order chi connectivity index (χ1) is 8.78. The van der Waals surface area contributed by atoms with Crippen LogP contribution in [0, 0.1) is 11.3 Å². The molecule has 0 aliphatic heterocycles. The van der Waals surface area contributed by atoms with Crippen LogP contribution in [0.25, 0.3) is 22.0 Å². The third-order valence-electron chi connectivity index (χ3n) is 2.94. The molecule has 1 heterocycles. The van der Waals surface area contributed by atoms with Crippen LogP contribution in [-0.4, -0.2) is 4.98 Å². The van der Waals surface area contributed by atoms with Crippen LogP contribution >= 0.6 is 11.6 Å². The van der Waals surface area contributed by atoms with Gasteiger partial charge in [0.1, 0.15) is 0 Å². The van der Waals surface area contributed by atoms with Gasteiger partial charge in [0.05, 0.1) is 17.1 Å². The monoisotopic (exact) mass is 252 g/mol. The fourth-order valence-electron chi connectivity index (χ4n) is 2.09. The topological polar surface area (TPSA) is 39.6 Å². The van der Waals surface area contributed by atoms with Crippen LogP contribution in [0.1, 0.15) is 5.56 Å². The Kier molecular flexibility index (Phi) is 2.55. The van der Waals surface area contributed by atoms with E-state index in [0.29, 0.717) is 10.6 Å². The van der Waals surface area contributed by atoms with Gasteiger partial charge in [-0.25, -0.2) is 0 Å². The van der Waals surface area contributed by atoms with Crippen molar-refractivity contribution >= 4 is 22.5 Å². The fourth-order valence-corrected chi connectivity index (χ4v) is 2.22. The third-order valence-corrected chi connectivity index (χ3v) is 3.20. The highest BCUT2D eigenvalue weighted by Gasteiger charge is 2.07. The van der Waals surface area contributed by atoms with Crippen LogP contribution in [0.3, 0.4) is 0 Å². The van der Waals surface area contributed by atoms with E-state index in [1.165, 1.54) is 0 Å². The van der Waals surface area contributed by atoms with Gasteiger partial charge in [0.2, 0.25) is 0 Å². The molecule has 0 unspecified atom stereocenters. The number of halogens is 1. The molecule has 0 fully saturated rings. The predicted molar refractivity (Wildman–Crippen MR) is 73.5 cm³/mol. The second-order valence-electron chi connectivity index (χ2n) is 4.08. The number of fused-ring (bicyclic) bond motifs is 1. The summed E-state index contributed by atoms with van der Waals surface area (Å²) in [6.07, 6.45) is 1.88. The van der Waals surface area contributed by atoms with E-state index in [9.17, 15) is 0 Å². The number of hydrogen-bond acceptors (Lipinski definition) is 1. The highest BCUT2D eigenvalue weighted by molar-refractivity contribution is 6.30. The Balaban J connectivity index is 2.30. The summed E-state index contributed by atoms with van der Waals surface area (Å²) in [5.41, 5.74) is 3.76. The quantitative estimate of drug-likeness (QED) is 0.687. The summed E-state index contributed by atoms with van der Waals surface area (Å²) in [4.78, 5) is 3.21. The van der Waals surface area contributed by atoms with E-state index >= 15 is 0 Å². The van der Waals surface area contributed by atoms with Crippen molar-refractivity contribution in [3.63, 3.8) is 0 Å². The molecule has 0 saturated carbocycles. The highest BCUT2D eigenvalue weighted by Crippen LogP contribution is 2.29. The lowest BCUT2D eigenvalue weighted by atomic mass is 10.0. The van der Waals surface area contributed by atoms with Crippen LogP contribution < -0.4 is 0 Å². The van der Waals surface area contributed by atoms with Crippen LogP contribution in [0.2, 0.25) is 5.02 Å². The molecule has 0 aliphatic rings. The molecule has 0 saturated heterocycles. The molecule has 0 spiro atoms. The first-order valence-electron chi connectivity index (χ1n) is 5.55. The third kappa shape index (κ3) is 1.75. The van der Waals surface area contributed by atoms with Crippen LogP contribution in [0.4, 0.5) is 0 Å². The van der Waals surface area contributed by atoms with Crippen molar-refractivity contribution in [2.24, 2.45) is 0 Å². The van der Waals surface area contributed by atoms with E-state index in [2.05, 4.69) is 11.1 Å². The summed E-state index contributed by atoms with van der Waals surface area (Å²) < 4.78 is 0. The summed E-state index contributed by atoms with van der Waals surface area (Å²) in [5.74, 6) is 0. The number of hydrogen-bond donors (Lipinski definition) is 1. The smallest absolute Gasteiger partial charge is 0.0992 e. The van der Waals surface area contributed by atoms with Crippen molar-refractivity contribution in [1.29, 1.82) is 5.26 Å². The molecular weight excluding hydrogens is 244 g/mol. The van der Waals surface area contributed by atoms with Gasteiger partial charge in [-0.1, -0.05) is 23.7 Å². The summed E-state index contributed by atoms with van der Waals surface area (Å²) in [5, 5.41) is 10.8. The number of H-pyrrole nitrogens is 1. The largest absolute Gasteiger partial charge is 0.361 e. The molecule has 18 heavy (non-hydrogen) atoms. The molecule has 2 nitrogen and oxygen atoms in total. The van der Waals surface area contributed by atoms with E-state index in [1.54, 1.807) is 0 Å². The van der Waals surface area contributed by atoms with Crippen molar-refractivity contribution in [2.75, 3.05) is 0 Å². The van der Waals surface area contributed by atoms with E-state index in [4.69, 9.17) is 16.9 Å². The van der Waals surface area contributed by atoms with E-state index in [1.807, 2.05) is 48.7 Å². The molecule has 0 bridgehead atoms. The van der Waals surface area contributed by atoms with Crippen molar-refractivity contribution in [3.05, 3.63) is 59.2 Å². The lowest BCUT2D eigenvalue weighted by molar-refractivity contribution is 1.46.